The predicted octanol–water partition coefficient (Wildman–Crippen LogP) is 5.51. The van der Waals surface area contributed by atoms with E-state index < -0.39 is 0 Å². The number of rotatable bonds is 16. The summed E-state index contributed by atoms with van der Waals surface area (Å²) in [7, 11) is 1.36. The van der Waals surface area contributed by atoms with Gasteiger partial charge < -0.3 is 0 Å². The molecule has 1 N–H and O–H groups in total. The van der Waals surface area contributed by atoms with Gasteiger partial charge in [0.05, 0.1) is 5.69 Å². The van der Waals surface area contributed by atoms with Gasteiger partial charge in [-0.05, 0) is 25.0 Å². The van der Waals surface area contributed by atoms with E-state index in [0.717, 1.165) is 17.0 Å². The van der Waals surface area contributed by atoms with Crippen LogP contribution in [0.5, 0.6) is 0 Å². The molecule has 1 heterocycles. The first-order valence-electron chi connectivity index (χ1n) is 9.98. The van der Waals surface area contributed by atoms with E-state index in [9.17, 15) is 4.79 Å². The summed E-state index contributed by atoms with van der Waals surface area (Å²) in [5.74, 6) is -0.0437. The Bertz CT molecular complexity index is 486. The van der Waals surface area contributed by atoms with E-state index in [-0.39, 0.29) is 5.91 Å². The molecule has 0 aliphatic heterocycles. The van der Waals surface area contributed by atoms with Crippen molar-refractivity contribution in [3.8, 4) is 0 Å². The molecule has 1 rings (SSSR count). The van der Waals surface area contributed by atoms with E-state index >= 15 is 0 Å². The van der Waals surface area contributed by atoms with Crippen molar-refractivity contribution in [2.75, 3.05) is 6.54 Å². The molecule has 0 aromatic carbocycles. The summed E-state index contributed by atoms with van der Waals surface area (Å²) < 4.78 is 0. The summed E-state index contributed by atoms with van der Waals surface area (Å²) in [5, 5.41) is 0. The quantitative estimate of drug-likeness (QED) is 0.168. The van der Waals surface area contributed by atoms with Gasteiger partial charge in [0.2, 0.25) is 5.91 Å². The average Bonchev–Trinajstić information content (AvgIpc) is 2.67. The van der Waals surface area contributed by atoms with Crippen molar-refractivity contribution in [2.45, 2.75) is 88.9 Å². The highest BCUT2D eigenvalue weighted by atomic mass is 33.1. The van der Waals surface area contributed by atoms with Gasteiger partial charge in [0.15, 0.2) is 0 Å². The second-order valence-electron chi connectivity index (χ2n) is 6.64. The fourth-order valence-electron chi connectivity index (χ4n) is 2.80. The second kappa shape index (κ2) is 16.5. The van der Waals surface area contributed by atoms with Gasteiger partial charge in [0.1, 0.15) is 0 Å². The molecule has 0 unspecified atom stereocenters. The molecule has 147 valence electrons. The Morgan fingerprint density at radius 3 is 2.42 bits per heavy atom. The Balaban J connectivity index is 1.92. The molecule has 0 bridgehead atoms. The summed E-state index contributed by atoms with van der Waals surface area (Å²) in [5.41, 5.74) is 7.72. The van der Waals surface area contributed by atoms with Gasteiger partial charge in [-0.25, -0.2) is 0 Å². The standard InChI is InChI=1S/C20H34N3OS2/c1-2-3-4-5-6-7-8-9-10-11-17-22-23-20(24)15-14-18-19(26-25)13-12-16-21-18/h12-13,16,25H,2-11,14-15,17H2,1H3,(H,23,24). The Morgan fingerprint density at radius 2 is 1.77 bits per heavy atom. The van der Waals surface area contributed by atoms with Crippen LogP contribution >= 0.6 is 22.5 Å². The Labute approximate surface area is 168 Å². The molecule has 0 fully saturated rings. The van der Waals surface area contributed by atoms with Crippen molar-refractivity contribution in [1.29, 1.82) is 0 Å². The first kappa shape index (κ1) is 23.3. The summed E-state index contributed by atoms with van der Waals surface area (Å²) in [6.45, 7) is 2.97. The van der Waals surface area contributed by atoms with Crippen molar-refractivity contribution in [1.82, 2.24) is 15.8 Å². The first-order valence-corrected chi connectivity index (χ1v) is 11.9. The number of pyridine rings is 1. The summed E-state index contributed by atoms with van der Waals surface area (Å²) in [6.07, 6.45) is 15.8. The third-order valence-corrected chi connectivity index (χ3v) is 5.52. The molecule has 26 heavy (non-hydrogen) atoms. The van der Waals surface area contributed by atoms with Crippen molar-refractivity contribution < 1.29 is 4.79 Å². The van der Waals surface area contributed by atoms with E-state index in [2.05, 4.69) is 34.4 Å². The van der Waals surface area contributed by atoms with Gasteiger partial charge in [-0.1, -0.05) is 75.5 Å². The minimum Gasteiger partial charge on any atom is -0.274 e. The fraction of sp³-hybridized carbons (Fsp3) is 0.700. The van der Waals surface area contributed by atoms with Crippen molar-refractivity contribution in [2.24, 2.45) is 0 Å². The van der Waals surface area contributed by atoms with Crippen LogP contribution < -0.4 is 10.9 Å². The largest absolute Gasteiger partial charge is 0.274 e. The van der Waals surface area contributed by atoms with Gasteiger partial charge in [0, 0.05) is 24.1 Å². The third kappa shape index (κ3) is 11.8. The number of nitrogens with zero attached hydrogens (tertiary/aromatic N) is 2. The number of nitrogens with one attached hydrogen (secondary N) is 1. The van der Waals surface area contributed by atoms with Crippen molar-refractivity contribution in [3.63, 3.8) is 0 Å². The Morgan fingerprint density at radius 1 is 1.12 bits per heavy atom. The molecule has 4 nitrogen and oxygen atoms in total. The number of aryl methyl sites for hydroxylation is 1. The maximum atomic E-state index is 11.8. The van der Waals surface area contributed by atoms with Crippen LogP contribution in [0.1, 0.15) is 83.2 Å². The molecule has 1 aromatic rings. The molecule has 0 aliphatic rings. The minimum absolute atomic E-state index is 0.0437. The maximum Gasteiger partial charge on any atom is 0.235 e. The molecule has 0 atom stereocenters. The molecule has 1 radical (unpaired) electrons. The maximum absolute atomic E-state index is 11.8. The van der Waals surface area contributed by atoms with Gasteiger partial charge in [-0.3, -0.25) is 15.2 Å². The van der Waals surface area contributed by atoms with Gasteiger partial charge >= 0.3 is 0 Å². The van der Waals surface area contributed by atoms with Crippen LogP contribution in [0.15, 0.2) is 23.2 Å². The summed E-state index contributed by atoms with van der Waals surface area (Å²) in [6, 6.07) is 3.84. The van der Waals surface area contributed by atoms with Crippen LogP contribution in [-0.2, 0) is 11.2 Å². The zero-order valence-corrected chi connectivity index (χ0v) is 17.8. The van der Waals surface area contributed by atoms with E-state index in [4.69, 9.17) is 0 Å². The molecule has 0 saturated heterocycles. The Hall–Kier alpha value is -0.720. The molecule has 6 heteroatoms. The summed E-state index contributed by atoms with van der Waals surface area (Å²) in [4.78, 5) is 17.2. The smallest absolute Gasteiger partial charge is 0.235 e. The van der Waals surface area contributed by atoms with E-state index in [1.165, 1.54) is 68.6 Å². The fourth-order valence-corrected chi connectivity index (χ4v) is 3.70. The lowest BCUT2D eigenvalue weighted by molar-refractivity contribution is -0.122. The predicted molar refractivity (Wildman–Crippen MR) is 114 cm³/mol. The Kier molecular flexibility index (Phi) is 14.8. The molecular weight excluding hydrogens is 362 g/mol. The number of carbonyl (C=O) groups excluding carboxylic acids is 1. The van der Waals surface area contributed by atoms with Crippen LogP contribution in [0.2, 0.25) is 0 Å². The number of unbranched alkanes of at least 4 members (excludes halogenated alkanes) is 9. The normalized spacial score (nSPS) is 10.8. The zero-order chi connectivity index (χ0) is 18.9. The molecular formula is C20H34N3OS2. The topological polar surface area (TPSA) is 56.1 Å². The summed E-state index contributed by atoms with van der Waals surface area (Å²) >= 11 is 4.21. The lowest BCUT2D eigenvalue weighted by atomic mass is 10.1. The SMILES string of the molecule is CCCCCCCCCCCC[N]NC(=O)CCc1ncccc1SS. The molecule has 0 spiro atoms. The molecule has 0 saturated carbocycles. The lowest BCUT2D eigenvalue weighted by Gasteiger charge is -2.07. The van der Waals surface area contributed by atoms with Crippen LogP contribution in [0.3, 0.4) is 0 Å². The van der Waals surface area contributed by atoms with Crippen LogP contribution in [0.25, 0.3) is 0 Å². The van der Waals surface area contributed by atoms with Crippen molar-refractivity contribution >= 4 is 28.4 Å². The van der Waals surface area contributed by atoms with Gasteiger partial charge in [-0.15, -0.1) is 17.1 Å². The van der Waals surface area contributed by atoms with Crippen LogP contribution in [-0.4, -0.2) is 17.4 Å². The van der Waals surface area contributed by atoms with Crippen molar-refractivity contribution in [3.05, 3.63) is 24.0 Å². The minimum atomic E-state index is -0.0437. The zero-order valence-electron chi connectivity index (χ0n) is 16.1. The van der Waals surface area contributed by atoms with Crippen LogP contribution in [0.4, 0.5) is 0 Å². The molecule has 1 amide bonds. The second-order valence-corrected chi connectivity index (χ2v) is 7.81. The number of aromatic nitrogens is 1. The lowest BCUT2D eigenvalue weighted by Crippen LogP contribution is -2.32. The monoisotopic (exact) mass is 396 g/mol. The molecule has 1 aromatic heterocycles. The highest BCUT2D eigenvalue weighted by Crippen LogP contribution is 2.24. The van der Waals surface area contributed by atoms with E-state index in [1.807, 2.05) is 12.1 Å². The van der Waals surface area contributed by atoms with Crippen LogP contribution in [0, 0.1) is 0 Å². The average molecular weight is 397 g/mol. The number of amides is 1. The van der Waals surface area contributed by atoms with E-state index in [0.29, 0.717) is 19.4 Å². The first-order chi connectivity index (χ1) is 12.8. The van der Waals surface area contributed by atoms with E-state index in [1.54, 1.807) is 6.20 Å². The third-order valence-electron chi connectivity index (χ3n) is 4.36. The number of hydrogen-bond acceptors (Lipinski definition) is 4. The number of carbonyl (C=O) groups is 1. The molecule has 0 aliphatic carbocycles. The highest BCUT2D eigenvalue weighted by Gasteiger charge is 2.07. The highest BCUT2D eigenvalue weighted by molar-refractivity contribution is 8.68. The number of hydrogen-bond donors (Lipinski definition) is 2. The van der Waals surface area contributed by atoms with Gasteiger partial charge in [0.25, 0.3) is 0 Å². The van der Waals surface area contributed by atoms with Gasteiger partial charge in [-0.2, -0.15) is 0 Å². The number of thiol groups is 1.